The molecular weight excluding hydrogens is 565 g/mol. The molecule has 2 atom stereocenters. The second kappa shape index (κ2) is 14.1. The number of halogens is 5. The number of benzene rings is 1. The summed E-state index contributed by atoms with van der Waals surface area (Å²) in [6.45, 7) is 3.56. The van der Waals surface area contributed by atoms with Gasteiger partial charge in [-0.25, -0.2) is 23.1 Å². The van der Waals surface area contributed by atoms with E-state index in [-0.39, 0.29) is 43.3 Å². The first-order valence-electron chi connectivity index (χ1n) is 12.2. The fourth-order valence-electron chi connectivity index (χ4n) is 4.06. The van der Waals surface area contributed by atoms with Crippen molar-refractivity contribution in [1.82, 2.24) is 25.5 Å². The van der Waals surface area contributed by atoms with Gasteiger partial charge >= 0.3 is 24.1 Å². The predicted octanol–water partition coefficient (Wildman–Crippen LogP) is 3.08. The van der Waals surface area contributed by atoms with Crippen LogP contribution in [0.1, 0.15) is 63.0 Å². The number of hydrogen-bond donors (Lipinski definition) is 2. The molecule has 1 heterocycles. The van der Waals surface area contributed by atoms with Gasteiger partial charge in [-0.3, -0.25) is 4.79 Å². The van der Waals surface area contributed by atoms with Crippen molar-refractivity contribution in [3.8, 4) is 5.75 Å². The second-order valence-corrected chi connectivity index (χ2v) is 9.18. The monoisotopic (exact) mass is 595 g/mol. The van der Waals surface area contributed by atoms with E-state index in [4.69, 9.17) is 19.4 Å². The molecule has 0 radical (unpaired) electrons. The Morgan fingerprint density at radius 3 is 2.34 bits per heavy atom. The van der Waals surface area contributed by atoms with Gasteiger partial charge in [-0.1, -0.05) is 6.07 Å². The number of nitrogens with zero attached hydrogens (tertiary/aromatic N) is 4. The third-order valence-electron chi connectivity index (χ3n) is 5.97. The molecule has 12 nitrogen and oxygen atoms in total. The lowest BCUT2D eigenvalue weighted by molar-refractivity contribution is -0.192. The highest BCUT2D eigenvalue weighted by Crippen LogP contribution is 2.38. The highest BCUT2D eigenvalue weighted by atomic mass is 19.4. The van der Waals surface area contributed by atoms with Crippen LogP contribution in [-0.2, 0) is 23.9 Å². The molecule has 41 heavy (non-hydrogen) atoms. The second-order valence-electron chi connectivity index (χ2n) is 9.18. The molecule has 17 heteroatoms. The van der Waals surface area contributed by atoms with Crippen molar-refractivity contribution in [2.24, 2.45) is 0 Å². The molecule has 1 aliphatic carbocycles. The summed E-state index contributed by atoms with van der Waals surface area (Å²) in [7, 11) is 2.46. The highest BCUT2D eigenvalue weighted by Gasteiger charge is 2.43. The van der Waals surface area contributed by atoms with Gasteiger partial charge in [0.05, 0.1) is 26.9 Å². The number of aliphatic carboxylic acids is 1. The van der Waals surface area contributed by atoms with Crippen LogP contribution in [0.5, 0.6) is 5.75 Å². The molecule has 1 fully saturated rings. The van der Waals surface area contributed by atoms with Gasteiger partial charge in [0.15, 0.2) is 23.4 Å². The van der Waals surface area contributed by atoms with E-state index >= 15 is 0 Å². The molecule has 1 aromatic carbocycles. The lowest BCUT2D eigenvalue weighted by Gasteiger charge is -2.41. The maximum Gasteiger partial charge on any atom is 0.490 e. The molecule has 2 aromatic rings. The Labute approximate surface area is 231 Å². The van der Waals surface area contributed by atoms with Crippen LogP contribution in [0.15, 0.2) is 18.2 Å². The Kier molecular flexibility index (Phi) is 11.5. The minimum atomic E-state index is -5.08. The van der Waals surface area contributed by atoms with Crippen molar-refractivity contribution in [2.45, 2.75) is 69.5 Å². The number of esters is 2. The van der Waals surface area contributed by atoms with E-state index in [9.17, 15) is 31.5 Å². The molecule has 0 amide bonds. The Morgan fingerprint density at radius 2 is 1.85 bits per heavy atom. The van der Waals surface area contributed by atoms with E-state index in [1.165, 1.54) is 38.0 Å². The molecule has 0 spiro atoms. The van der Waals surface area contributed by atoms with Crippen LogP contribution in [0, 0.1) is 5.82 Å². The number of methoxy groups -OCH3 is 2. The summed E-state index contributed by atoms with van der Waals surface area (Å²) in [6.07, 6.45) is -4.62. The lowest BCUT2D eigenvalue weighted by atomic mass is 9.78. The van der Waals surface area contributed by atoms with Gasteiger partial charge in [0, 0.05) is 12.5 Å². The number of carboxylic acid groups (broad SMARTS) is 1. The number of hydrogen-bond acceptors (Lipinski definition) is 10. The summed E-state index contributed by atoms with van der Waals surface area (Å²) in [5.74, 6) is -4.22. The number of rotatable bonds is 11. The van der Waals surface area contributed by atoms with Crippen LogP contribution < -0.4 is 10.1 Å². The van der Waals surface area contributed by atoms with Crippen LogP contribution in [0.4, 0.5) is 22.0 Å². The number of carbonyl (C=O) groups excluding carboxylic acids is 2. The summed E-state index contributed by atoms with van der Waals surface area (Å²) < 4.78 is 76.7. The predicted molar refractivity (Wildman–Crippen MR) is 129 cm³/mol. The van der Waals surface area contributed by atoms with Crippen molar-refractivity contribution in [3.63, 3.8) is 0 Å². The minimum Gasteiger partial charge on any atom is -0.491 e. The first-order valence-corrected chi connectivity index (χ1v) is 12.2. The minimum absolute atomic E-state index is 0.0216. The first kappa shape index (κ1) is 33.3. The van der Waals surface area contributed by atoms with Crippen molar-refractivity contribution in [2.75, 3.05) is 20.8 Å². The fourth-order valence-corrected chi connectivity index (χ4v) is 4.06. The van der Waals surface area contributed by atoms with Gasteiger partial charge in [-0.05, 0) is 61.2 Å². The number of aromatic nitrogens is 4. The van der Waals surface area contributed by atoms with Crippen molar-refractivity contribution in [1.29, 1.82) is 0 Å². The Bertz CT molecular complexity index is 1200. The van der Waals surface area contributed by atoms with Gasteiger partial charge in [0.25, 0.3) is 0 Å². The molecule has 2 unspecified atom stereocenters. The number of carboxylic acids is 1. The molecule has 0 bridgehead atoms. The van der Waals surface area contributed by atoms with E-state index in [2.05, 4.69) is 25.6 Å². The van der Waals surface area contributed by atoms with Gasteiger partial charge < -0.3 is 24.6 Å². The zero-order valence-corrected chi connectivity index (χ0v) is 22.6. The van der Waals surface area contributed by atoms with Crippen LogP contribution >= 0.6 is 0 Å². The lowest BCUT2D eigenvalue weighted by Crippen LogP contribution is -2.51. The molecule has 0 aliphatic heterocycles. The standard InChI is InChI=1S/C22H29F2N5O5.C2HF3O2/c1-5-34-17-8-6-13(10-15(17)23)19(25-14-11-22(2,24)12-14)20-26-27-28-29(20)16(21(31)33-4)7-9-18(30)32-3;3-2(4,5)1(6)7/h6,8,10,14,16,19,25H,5,7,9,11-12H2,1-4H3;(H,6,7). The summed E-state index contributed by atoms with van der Waals surface area (Å²) in [6, 6.07) is 2.42. The average Bonchev–Trinajstić information content (AvgIpc) is 3.36. The van der Waals surface area contributed by atoms with Gasteiger partial charge in [-0.2, -0.15) is 13.2 Å². The maximum atomic E-state index is 14.7. The number of carbonyl (C=O) groups is 3. The van der Waals surface area contributed by atoms with E-state index in [0.717, 1.165) is 0 Å². The van der Waals surface area contributed by atoms with Crippen LogP contribution in [0.2, 0.25) is 0 Å². The maximum absolute atomic E-state index is 14.7. The molecule has 2 N–H and O–H groups in total. The Balaban J connectivity index is 0.000000745. The molecule has 0 saturated heterocycles. The zero-order valence-electron chi connectivity index (χ0n) is 22.6. The third kappa shape index (κ3) is 9.33. The van der Waals surface area contributed by atoms with Crippen LogP contribution in [-0.4, -0.2) is 81.9 Å². The average molecular weight is 596 g/mol. The van der Waals surface area contributed by atoms with Gasteiger partial charge in [-0.15, -0.1) is 5.10 Å². The van der Waals surface area contributed by atoms with Crippen LogP contribution in [0.3, 0.4) is 0 Å². The van der Waals surface area contributed by atoms with Crippen molar-refractivity contribution < 1.29 is 55.7 Å². The normalized spacial score (nSPS) is 19.6. The molecule has 3 rings (SSSR count). The summed E-state index contributed by atoms with van der Waals surface area (Å²) in [5, 5.41) is 22.2. The van der Waals surface area contributed by atoms with E-state index < -0.39 is 47.7 Å². The van der Waals surface area contributed by atoms with Crippen molar-refractivity contribution in [3.05, 3.63) is 35.4 Å². The summed E-state index contributed by atoms with van der Waals surface area (Å²) in [4.78, 5) is 33.1. The number of nitrogens with one attached hydrogen (secondary N) is 1. The molecule has 1 aromatic heterocycles. The first-order chi connectivity index (χ1) is 19.1. The highest BCUT2D eigenvalue weighted by molar-refractivity contribution is 5.76. The third-order valence-corrected chi connectivity index (χ3v) is 5.97. The SMILES string of the molecule is CCOc1ccc(C(NC2CC(C)(F)C2)c2nnnn2C(CCC(=O)OC)C(=O)OC)cc1F.O=C(O)C(F)(F)F. The van der Waals surface area contributed by atoms with E-state index in [1.54, 1.807) is 13.0 Å². The number of tetrazole rings is 1. The molecule has 1 aliphatic rings. The number of ether oxygens (including phenoxy) is 3. The Hall–Kier alpha value is -3.89. The van der Waals surface area contributed by atoms with E-state index in [0.29, 0.717) is 12.2 Å². The summed E-state index contributed by atoms with van der Waals surface area (Å²) >= 11 is 0. The zero-order chi connectivity index (χ0) is 31.0. The quantitative estimate of drug-likeness (QED) is 0.291. The molecule has 228 valence electrons. The topological polar surface area (TPSA) is 155 Å². The largest absolute Gasteiger partial charge is 0.491 e. The fraction of sp³-hybridized carbons (Fsp3) is 0.583. The summed E-state index contributed by atoms with van der Waals surface area (Å²) in [5.41, 5.74) is -0.839. The van der Waals surface area contributed by atoms with Crippen molar-refractivity contribution >= 4 is 17.9 Å². The van der Waals surface area contributed by atoms with Crippen LogP contribution in [0.25, 0.3) is 0 Å². The molecular formula is C24H30F5N5O7. The molecule has 1 saturated carbocycles. The Morgan fingerprint density at radius 1 is 1.22 bits per heavy atom. The van der Waals surface area contributed by atoms with E-state index in [1.807, 2.05) is 0 Å². The van der Waals surface area contributed by atoms with Gasteiger partial charge in [0.2, 0.25) is 0 Å². The number of alkyl halides is 4. The van der Waals surface area contributed by atoms with Gasteiger partial charge in [0.1, 0.15) is 5.67 Å². The smallest absolute Gasteiger partial charge is 0.490 e.